The summed E-state index contributed by atoms with van der Waals surface area (Å²) in [7, 11) is 1.57. The predicted octanol–water partition coefficient (Wildman–Crippen LogP) is 6.69. The molecule has 22 heteroatoms. The van der Waals surface area contributed by atoms with E-state index in [1.54, 1.807) is 41.7 Å². The van der Waals surface area contributed by atoms with E-state index in [9.17, 15) is 54.9 Å². The fourth-order valence-electron chi connectivity index (χ4n) is 14.4. The van der Waals surface area contributed by atoms with Gasteiger partial charge in [-0.25, -0.2) is 0 Å². The Morgan fingerprint density at radius 2 is 1.48 bits per heavy atom. The highest BCUT2D eigenvalue weighted by Crippen LogP contribution is 2.48. The average molecular weight is 1250 g/mol. The molecule has 492 valence electrons. The molecule has 0 aromatic rings. The van der Waals surface area contributed by atoms with Crippen molar-refractivity contribution >= 4 is 35.3 Å². The number of aliphatic hydroxyl groups excluding tert-OH is 5. The van der Waals surface area contributed by atoms with Gasteiger partial charge in [-0.1, -0.05) is 88.4 Å². The molecule has 24 atom stereocenters. The van der Waals surface area contributed by atoms with Gasteiger partial charge in [-0.3, -0.25) is 19.2 Å². The number of fused-ring (bicyclic) bond motifs is 8. The second-order valence-electron chi connectivity index (χ2n) is 26.6. The largest absolute Gasteiger partial charge is 0.462 e. The van der Waals surface area contributed by atoms with Crippen molar-refractivity contribution in [2.45, 2.75) is 291 Å². The summed E-state index contributed by atoms with van der Waals surface area (Å²) >= 11 is 5.84. The Balaban J connectivity index is 1.21. The van der Waals surface area contributed by atoms with Gasteiger partial charge in [0.05, 0.1) is 85.1 Å². The van der Waals surface area contributed by atoms with E-state index in [2.05, 4.69) is 19.7 Å². The van der Waals surface area contributed by atoms with E-state index in [0.717, 1.165) is 0 Å². The lowest BCUT2D eigenvalue weighted by Gasteiger charge is -2.52. The maximum atomic E-state index is 14.5. The van der Waals surface area contributed by atoms with E-state index in [0.29, 0.717) is 62.5 Å². The first kappa shape index (κ1) is 71.0. The fourth-order valence-corrected chi connectivity index (χ4v) is 14.5. The number of halogens is 1. The minimum absolute atomic E-state index is 0.0151. The van der Waals surface area contributed by atoms with Crippen molar-refractivity contribution < 1.29 is 102 Å². The van der Waals surface area contributed by atoms with Crippen LogP contribution in [0.3, 0.4) is 0 Å². The molecule has 0 saturated carbocycles. The van der Waals surface area contributed by atoms with Crippen LogP contribution < -0.4 is 0 Å². The molecule has 6 saturated heterocycles. The normalized spacial score (nSPS) is 43.4. The number of carbonyl (C=O) groups excluding carboxylic acids is 4. The molecule has 0 aromatic carbocycles. The Bertz CT molecular complexity index is 2470. The van der Waals surface area contributed by atoms with E-state index in [1.807, 2.05) is 12.2 Å². The summed E-state index contributed by atoms with van der Waals surface area (Å²) in [6, 6.07) is 0. The van der Waals surface area contributed by atoms with Gasteiger partial charge < -0.3 is 83.1 Å². The van der Waals surface area contributed by atoms with Crippen LogP contribution in [-0.4, -0.2) is 187 Å². The third-order valence-corrected chi connectivity index (χ3v) is 19.0. The number of carbonyl (C=O) groups is 4. The maximum Gasteiger partial charge on any atom is 0.308 e. The fraction of sp³-hybridized carbons (Fsp3) is 0.785. The number of hydrogen-bond acceptors (Lipinski definition) is 21. The van der Waals surface area contributed by atoms with Gasteiger partial charge in [-0.05, 0) is 64.4 Å². The summed E-state index contributed by atoms with van der Waals surface area (Å²) in [4.78, 5) is 54.4. The van der Waals surface area contributed by atoms with Crippen molar-refractivity contribution in [2.75, 3.05) is 7.11 Å². The van der Waals surface area contributed by atoms with E-state index in [-0.39, 0.29) is 74.7 Å². The molecule has 2 spiro atoms. The van der Waals surface area contributed by atoms with Gasteiger partial charge in [0.25, 0.3) is 0 Å². The van der Waals surface area contributed by atoms with Crippen molar-refractivity contribution in [3.05, 3.63) is 60.2 Å². The number of Topliss-reactive ketones (excluding diaryl/α,β-unsaturated/α-hetero) is 1. The van der Waals surface area contributed by atoms with E-state index in [4.69, 9.17) is 59.0 Å². The Labute approximate surface area is 517 Å². The number of allylic oxidation sites excluding steroid dienone is 3. The summed E-state index contributed by atoms with van der Waals surface area (Å²) in [5, 5.41) is 82.6. The van der Waals surface area contributed by atoms with Crippen LogP contribution in [0, 0.1) is 23.7 Å². The first-order chi connectivity index (χ1) is 40.8. The Hall–Kier alpha value is -3.49. The van der Waals surface area contributed by atoms with Gasteiger partial charge in [0, 0.05) is 108 Å². The number of hydrogen-bond donors (Lipinski definition) is 7. The molecular formula is C65H99ClO21. The van der Waals surface area contributed by atoms with Crippen LogP contribution in [0.25, 0.3) is 0 Å². The molecule has 7 N–H and O–H groups in total. The quantitative estimate of drug-likeness (QED) is 0.0490. The standard InChI is InChI=1S/C65H99ClO21/c1-35(16-15-17-44(69)21-20-37(3)66)22-55-57(74)59-41(7)60(81-55)61(75)65(77)33-53(72)39(5)54(87-65)19-14-12-13-18-46-24-45(70)29-63(83-46)31-49(78-11)25-47(84-63)27-52(71)40(6)58(80-43(9)68)38(4)36(2)23-51-30-62(10,76)34-64(86-51)32-50(79-42(8)67)26-48(85-64)28-56(73)82-59/h13,18,20-21,38-41,44-51,53-55,57-61,69-70,72,74-77H,1-3,12,14-17,19,22-34H2,4-11H3/t38-,39-,40-,41-,44?,45+,46-,47+,48-,49+,50+,51+,53+,54-,55-,57-,58+,59-,60-,61+,62+,63?,64-,65-/m1/s1. The predicted molar refractivity (Wildman–Crippen MR) is 317 cm³/mol. The number of aliphatic hydroxyl groups is 7. The lowest BCUT2D eigenvalue weighted by molar-refractivity contribution is -0.351. The van der Waals surface area contributed by atoms with Crippen LogP contribution in [0.1, 0.15) is 170 Å². The number of methoxy groups -OCH3 is 1. The molecule has 87 heavy (non-hydrogen) atoms. The zero-order valence-corrected chi connectivity index (χ0v) is 52.9. The topological polar surface area (TPSA) is 302 Å². The Morgan fingerprint density at radius 1 is 0.816 bits per heavy atom. The van der Waals surface area contributed by atoms with Crippen LogP contribution >= 0.6 is 11.6 Å². The van der Waals surface area contributed by atoms with Gasteiger partial charge >= 0.3 is 17.9 Å². The lowest BCUT2D eigenvalue weighted by Crippen LogP contribution is -2.65. The van der Waals surface area contributed by atoms with Crippen molar-refractivity contribution in [1.29, 1.82) is 0 Å². The summed E-state index contributed by atoms with van der Waals surface area (Å²) < 4.78 is 63.6. The summed E-state index contributed by atoms with van der Waals surface area (Å²) in [5.41, 5.74) is -0.293. The van der Waals surface area contributed by atoms with Crippen LogP contribution in [-0.2, 0) is 66.5 Å². The molecule has 6 fully saturated rings. The molecule has 0 aliphatic carbocycles. The molecule has 21 nitrogen and oxygen atoms in total. The Morgan fingerprint density at radius 3 is 2.17 bits per heavy atom. The van der Waals surface area contributed by atoms with Crippen LogP contribution in [0.15, 0.2) is 60.2 Å². The maximum absolute atomic E-state index is 14.5. The van der Waals surface area contributed by atoms with Gasteiger partial charge in [0.2, 0.25) is 0 Å². The van der Waals surface area contributed by atoms with Gasteiger partial charge in [-0.15, -0.1) is 0 Å². The lowest BCUT2D eigenvalue weighted by atomic mass is 9.78. The number of rotatable bonds is 11. The second-order valence-corrected chi connectivity index (χ2v) is 27.1. The smallest absolute Gasteiger partial charge is 0.308 e. The third-order valence-electron chi connectivity index (χ3n) is 18.8. The highest BCUT2D eigenvalue weighted by atomic mass is 35.5. The summed E-state index contributed by atoms with van der Waals surface area (Å²) in [5.74, 6) is -10.6. The SMILES string of the molecule is C=C(Cl)C=CC(O)CCCC(=C)C[C@H]1O[C@@H]2[C@H](C)[C@@H](OC(=O)C[C@H]3C[C@H](OC(C)=O)C[C@@]4(C[C@@](C)(O)C[C@H](CC(=C)[C@@H](C)[C@H](OC(C)=O)[C@H](C)C(=O)C[C@@H]5C[C@H](OC)CC6(C[C@@H](O)C[C@@H](C=CCCC[C@H]7O[C@](O)(C[C@H](O)[C@H]7C)[C@H]2O)O6)O5)O4)O3)[C@@H]1O. The molecule has 0 radical (unpaired) electrons. The molecule has 7 aliphatic heterocycles. The van der Waals surface area contributed by atoms with Crippen molar-refractivity contribution in [2.24, 2.45) is 23.7 Å². The van der Waals surface area contributed by atoms with Gasteiger partial charge in [0.1, 0.15) is 36.3 Å². The number of esters is 3. The molecule has 7 aliphatic rings. The number of ether oxygens (including phenoxy) is 10. The highest BCUT2D eigenvalue weighted by molar-refractivity contribution is 6.30. The summed E-state index contributed by atoms with van der Waals surface area (Å²) in [6.07, 6.45) is -6.48. The molecular weight excluding hydrogens is 1150 g/mol. The highest BCUT2D eigenvalue weighted by Gasteiger charge is 2.58. The van der Waals surface area contributed by atoms with Crippen molar-refractivity contribution in [3.63, 3.8) is 0 Å². The third kappa shape index (κ3) is 19.1. The van der Waals surface area contributed by atoms with E-state index >= 15 is 0 Å². The second kappa shape index (κ2) is 30.3. The van der Waals surface area contributed by atoms with Crippen molar-refractivity contribution in [1.82, 2.24) is 0 Å². The average Bonchev–Trinajstić information content (AvgIpc) is 1.03. The first-order valence-electron chi connectivity index (χ1n) is 31.3. The van der Waals surface area contributed by atoms with Crippen LogP contribution in [0.4, 0.5) is 0 Å². The van der Waals surface area contributed by atoms with Gasteiger partial charge in [-0.2, -0.15) is 0 Å². The zero-order chi connectivity index (χ0) is 63.9. The molecule has 2 unspecified atom stereocenters. The molecule has 10 bridgehead atoms. The van der Waals surface area contributed by atoms with Crippen LogP contribution in [0.5, 0.6) is 0 Å². The van der Waals surface area contributed by atoms with E-state index in [1.165, 1.54) is 26.0 Å². The first-order valence-corrected chi connectivity index (χ1v) is 31.7. The molecule has 0 aromatic heterocycles. The Kier molecular flexibility index (Phi) is 24.7. The zero-order valence-electron chi connectivity index (χ0n) is 52.1. The molecule has 7 heterocycles. The monoisotopic (exact) mass is 1250 g/mol. The minimum Gasteiger partial charge on any atom is -0.462 e. The molecule has 7 rings (SSSR count). The van der Waals surface area contributed by atoms with Crippen molar-refractivity contribution in [3.8, 4) is 0 Å². The van der Waals surface area contributed by atoms with E-state index < -0.39 is 169 Å². The minimum atomic E-state index is -2.38. The summed E-state index contributed by atoms with van der Waals surface area (Å²) in [6.45, 7) is 23.2. The van der Waals surface area contributed by atoms with Gasteiger partial charge in [0.15, 0.2) is 17.4 Å². The molecule has 0 amide bonds. The van der Waals surface area contributed by atoms with Crippen LogP contribution in [0.2, 0.25) is 0 Å². The number of ketones is 1.